The Morgan fingerprint density at radius 2 is 0.977 bits per heavy atom. The lowest BCUT2D eigenvalue weighted by molar-refractivity contribution is 0.670. The van der Waals surface area contributed by atoms with Gasteiger partial charge in [-0.2, -0.15) is 0 Å². The van der Waals surface area contributed by atoms with Gasteiger partial charge in [-0.25, -0.2) is 0 Å². The maximum absolute atomic E-state index is 9.44. The summed E-state index contributed by atoms with van der Waals surface area (Å²) in [5.74, 6) is 0. The average molecular weight is 553 g/mol. The van der Waals surface area contributed by atoms with Crippen LogP contribution in [0.3, 0.4) is 0 Å². The standard InChI is InChI=1S/C42H26O/c1-2-13-28(14-3-1)30-22-11-25-37-41-36(24-12-26-38(41)43-42(30)37)40-34-20-8-6-18-32(34)39(33-19-7-9-21-35(33)40)31-23-10-16-27-15-4-5-17-29(27)31/h1-26H/i11D,12D,22D,24D,25D,26D. The van der Waals surface area contributed by atoms with Crippen LogP contribution < -0.4 is 0 Å². The maximum Gasteiger partial charge on any atom is 0.143 e. The Bertz CT molecular complexity index is 2780. The molecule has 200 valence electrons. The Morgan fingerprint density at radius 1 is 0.419 bits per heavy atom. The Kier molecular flexibility index (Phi) is 4.11. The van der Waals surface area contributed by atoms with Crippen molar-refractivity contribution in [1.82, 2.24) is 0 Å². The summed E-state index contributed by atoms with van der Waals surface area (Å²) in [5.41, 5.74) is 4.45. The SMILES string of the molecule is [2H]c1c([2H])c(-c2c3ccccc3c(-c3cccc4ccccc34)c3ccccc23)c2c(oc3c(-c4ccccc4)c([2H])c([2H])c([2H])c32)c1[2H]. The molecule has 0 aliphatic carbocycles. The highest BCUT2D eigenvalue weighted by molar-refractivity contribution is 6.27. The van der Waals surface area contributed by atoms with Crippen LogP contribution in [0.5, 0.6) is 0 Å². The molecule has 1 heterocycles. The summed E-state index contributed by atoms with van der Waals surface area (Å²) >= 11 is 0. The number of rotatable bonds is 3. The van der Waals surface area contributed by atoms with Crippen molar-refractivity contribution in [3.8, 4) is 33.4 Å². The first-order chi connectivity index (χ1) is 23.9. The average Bonchev–Trinajstić information content (AvgIpc) is 3.53. The number of benzene rings is 8. The smallest absolute Gasteiger partial charge is 0.143 e. The fourth-order valence-electron chi connectivity index (χ4n) is 6.61. The predicted molar refractivity (Wildman–Crippen MR) is 183 cm³/mol. The highest BCUT2D eigenvalue weighted by atomic mass is 16.3. The second kappa shape index (κ2) is 9.44. The van der Waals surface area contributed by atoms with E-state index in [2.05, 4.69) is 42.5 Å². The Hall–Kier alpha value is -5.66. The lowest BCUT2D eigenvalue weighted by Gasteiger charge is -2.19. The van der Waals surface area contributed by atoms with Gasteiger partial charge in [0.15, 0.2) is 0 Å². The second-order valence-electron chi connectivity index (χ2n) is 10.7. The van der Waals surface area contributed by atoms with Gasteiger partial charge in [0.2, 0.25) is 0 Å². The molecule has 9 rings (SSSR count). The second-order valence-corrected chi connectivity index (χ2v) is 10.7. The number of fused-ring (bicyclic) bond motifs is 6. The molecule has 0 saturated heterocycles. The first kappa shape index (κ1) is 18.7. The van der Waals surface area contributed by atoms with Crippen LogP contribution >= 0.6 is 0 Å². The molecule has 0 radical (unpaired) electrons. The third kappa shape index (κ3) is 3.58. The van der Waals surface area contributed by atoms with E-state index in [1.807, 2.05) is 78.9 Å². The summed E-state index contributed by atoms with van der Waals surface area (Å²) in [6.07, 6.45) is 0. The molecule has 1 heteroatoms. The van der Waals surface area contributed by atoms with Crippen LogP contribution in [-0.2, 0) is 0 Å². The van der Waals surface area contributed by atoms with Crippen molar-refractivity contribution in [2.45, 2.75) is 0 Å². The molecule has 0 saturated carbocycles. The maximum atomic E-state index is 9.44. The van der Waals surface area contributed by atoms with Crippen LogP contribution in [0.1, 0.15) is 8.22 Å². The third-order valence-corrected chi connectivity index (χ3v) is 8.43. The zero-order valence-electron chi connectivity index (χ0n) is 29.0. The molecule has 0 fully saturated rings. The summed E-state index contributed by atoms with van der Waals surface area (Å²) in [6.45, 7) is 0. The van der Waals surface area contributed by atoms with Gasteiger partial charge in [-0.3, -0.25) is 0 Å². The fourth-order valence-corrected chi connectivity index (χ4v) is 6.61. The van der Waals surface area contributed by atoms with Gasteiger partial charge in [0, 0.05) is 16.3 Å². The highest BCUT2D eigenvalue weighted by Crippen LogP contribution is 2.48. The van der Waals surface area contributed by atoms with Crippen molar-refractivity contribution in [2.75, 3.05) is 0 Å². The first-order valence-electron chi connectivity index (χ1n) is 17.3. The molecule has 0 aliphatic heterocycles. The van der Waals surface area contributed by atoms with Gasteiger partial charge in [-0.05, 0) is 66.2 Å². The van der Waals surface area contributed by atoms with Gasteiger partial charge in [-0.15, -0.1) is 0 Å². The van der Waals surface area contributed by atoms with Crippen molar-refractivity contribution < 1.29 is 12.6 Å². The Labute approximate surface area is 257 Å². The van der Waals surface area contributed by atoms with Gasteiger partial charge in [0.25, 0.3) is 0 Å². The molecule has 0 N–H and O–H groups in total. The van der Waals surface area contributed by atoms with Crippen LogP contribution in [0, 0.1) is 0 Å². The van der Waals surface area contributed by atoms with Crippen LogP contribution in [0.15, 0.2) is 162 Å². The number of hydrogen-bond donors (Lipinski definition) is 0. The van der Waals surface area contributed by atoms with E-state index in [1.54, 1.807) is 0 Å². The van der Waals surface area contributed by atoms with Gasteiger partial charge < -0.3 is 4.42 Å². The zero-order valence-corrected chi connectivity index (χ0v) is 23.0. The Balaban J connectivity index is 1.52. The lowest BCUT2D eigenvalue weighted by Crippen LogP contribution is -1.92. The normalized spacial score (nSPS) is 13.7. The summed E-state index contributed by atoms with van der Waals surface area (Å²) in [7, 11) is 0. The summed E-state index contributed by atoms with van der Waals surface area (Å²) in [5, 5.41) is 6.46. The topological polar surface area (TPSA) is 13.1 Å². The fraction of sp³-hybridized carbons (Fsp3) is 0. The summed E-state index contributed by atoms with van der Waals surface area (Å²) in [6, 6.07) is 38.6. The largest absolute Gasteiger partial charge is 0.455 e. The molecule has 0 bridgehead atoms. The van der Waals surface area contributed by atoms with Gasteiger partial charge >= 0.3 is 0 Å². The van der Waals surface area contributed by atoms with Gasteiger partial charge in [-0.1, -0.05) is 152 Å². The summed E-state index contributed by atoms with van der Waals surface area (Å²) in [4.78, 5) is 0. The quantitative estimate of drug-likeness (QED) is 0.199. The molecule has 43 heavy (non-hydrogen) atoms. The highest BCUT2D eigenvalue weighted by Gasteiger charge is 2.21. The van der Waals surface area contributed by atoms with Crippen molar-refractivity contribution >= 4 is 54.3 Å². The van der Waals surface area contributed by atoms with Crippen molar-refractivity contribution in [2.24, 2.45) is 0 Å². The van der Waals surface area contributed by atoms with E-state index in [1.165, 1.54) is 0 Å². The molecule has 1 aromatic heterocycles. The minimum atomic E-state index is -0.294. The van der Waals surface area contributed by atoms with E-state index in [4.69, 9.17) is 11.3 Å². The third-order valence-electron chi connectivity index (χ3n) is 8.43. The molecule has 0 amide bonds. The van der Waals surface area contributed by atoms with Gasteiger partial charge in [0.1, 0.15) is 11.2 Å². The minimum absolute atomic E-state index is 0.0629. The molecule has 0 spiro atoms. The molecule has 1 nitrogen and oxygen atoms in total. The molecular formula is C42H26O. The Morgan fingerprint density at radius 3 is 1.70 bits per heavy atom. The van der Waals surface area contributed by atoms with E-state index in [0.717, 1.165) is 43.4 Å². The van der Waals surface area contributed by atoms with E-state index < -0.39 is 0 Å². The molecule has 0 aliphatic rings. The first-order valence-corrected chi connectivity index (χ1v) is 14.3. The molecule has 9 aromatic rings. The van der Waals surface area contributed by atoms with E-state index in [9.17, 15) is 1.37 Å². The summed E-state index contributed by atoms with van der Waals surface area (Å²) < 4.78 is 60.7. The van der Waals surface area contributed by atoms with E-state index >= 15 is 0 Å². The number of furan rings is 1. The predicted octanol–water partition coefficient (Wildman–Crippen LogP) is 12.0. The van der Waals surface area contributed by atoms with E-state index in [0.29, 0.717) is 27.6 Å². The van der Waals surface area contributed by atoms with Crippen LogP contribution in [0.2, 0.25) is 0 Å². The van der Waals surface area contributed by atoms with E-state index in [-0.39, 0.29) is 52.8 Å². The monoisotopic (exact) mass is 552 g/mol. The molecule has 0 atom stereocenters. The van der Waals surface area contributed by atoms with Crippen molar-refractivity contribution in [1.29, 1.82) is 0 Å². The van der Waals surface area contributed by atoms with Crippen LogP contribution in [0.25, 0.3) is 87.6 Å². The molecule has 8 aromatic carbocycles. The van der Waals surface area contributed by atoms with Gasteiger partial charge in [0.05, 0.1) is 8.22 Å². The zero-order chi connectivity index (χ0) is 33.6. The molecule has 0 unspecified atom stereocenters. The lowest BCUT2D eigenvalue weighted by atomic mass is 9.84. The molecular weight excluding hydrogens is 520 g/mol. The van der Waals surface area contributed by atoms with Crippen LogP contribution in [0.4, 0.5) is 0 Å². The van der Waals surface area contributed by atoms with Crippen molar-refractivity contribution in [3.63, 3.8) is 0 Å². The van der Waals surface area contributed by atoms with Crippen molar-refractivity contribution in [3.05, 3.63) is 158 Å². The van der Waals surface area contributed by atoms with Crippen LogP contribution in [-0.4, -0.2) is 0 Å². The number of para-hydroxylation sites is 1. The minimum Gasteiger partial charge on any atom is -0.455 e. The number of hydrogen-bond acceptors (Lipinski definition) is 1.